The first kappa shape index (κ1) is 13.9. The lowest BCUT2D eigenvalue weighted by atomic mass is 9.75. The predicted octanol–water partition coefficient (Wildman–Crippen LogP) is 2.87. The Hall–Kier alpha value is -1.52. The molecule has 1 atom stereocenters. The highest BCUT2D eigenvalue weighted by molar-refractivity contribution is 5.34. The van der Waals surface area contributed by atoms with Gasteiger partial charge in [0.25, 0.3) is 0 Å². The Morgan fingerprint density at radius 3 is 2.37 bits per heavy atom. The summed E-state index contributed by atoms with van der Waals surface area (Å²) in [5, 5.41) is 3.40. The van der Waals surface area contributed by atoms with Crippen LogP contribution in [0.5, 0.6) is 11.8 Å². The average Bonchev–Trinajstić information content (AvgIpc) is 2.37. The summed E-state index contributed by atoms with van der Waals surface area (Å²) >= 11 is 0. The minimum absolute atomic E-state index is 0.388. The van der Waals surface area contributed by atoms with E-state index in [-0.39, 0.29) is 0 Å². The van der Waals surface area contributed by atoms with Crippen molar-refractivity contribution in [3.63, 3.8) is 0 Å². The first-order chi connectivity index (χ1) is 9.02. The third-order valence-electron chi connectivity index (χ3n) is 3.64. The summed E-state index contributed by atoms with van der Waals surface area (Å²) in [6.07, 6.45) is 4.82. The van der Waals surface area contributed by atoms with Gasteiger partial charge in [0.1, 0.15) is 0 Å². The van der Waals surface area contributed by atoms with E-state index in [1.165, 1.54) is 12.8 Å². The number of hydrogen-bond acceptors (Lipinski definition) is 5. The molecule has 1 unspecified atom stereocenters. The van der Waals surface area contributed by atoms with Crippen LogP contribution in [0.3, 0.4) is 0 Å². The van der Waals surface area contributed by atoms with Crippen LogP contribution in [-0.2, 0) is 0 Å². The zero-order valence-electron chi connectivity index (χ0n) is 12.2. The van der Waals surface area contributed by atoms with Crippen LogP contribution in [0.1, 0.15) is 39.5 Å². The number of nitrogens with one attached hydrogen (secondary N) is 1. The van der Waals surface area contributed by atoms with Crippen LogP contribution in [-0.4, -0.2) is 30.2 Å². The van der Waals surface area contributed by atoms with Crippen LogP contribution in [0.4, 0.5) is 5.95 Å². The van der Waals surface area contributed by atoms with Crippen molar-refractivity contribution >= 4 is 5.95 Å². The van der Waals surface area contributed by atoms with Crippen LogP contribution in [0, 0.1) is 5.41 Å². The molecule has 0 saturated heterocycles. The van der Waals surface area contributed by atoms with Gasteiger partial charge >= 0.3 is 0 Å². The molecule has 5 heteroatoms. The molecule has 1 aliphatic rings. The molecule has 1 aromatic rings. The van der Waals surface area contributed by atoms with Crippen molar-refractivity contribution in [1.29, 1.82) is 0 Å². The van der Waals surface area contributed by atoms with Crippen molar-refractivity contribution in [1.82, 2.24) is 9.97 Å². The summed E-state index contributed by atoms with van der Waals surface area (Å²) in [4.78, 5) is 8.63. The zero-order chi connectivity index (χ0) is 13.9. The summed E-state index contributed by atoms with van der Waals surface area (Å²) in [6.45, 7) is 4.63. The monoisotopic (exact) mass is 265 g/mol. The highest BCUT2D eigenvalue weighted by atomic mass is 16.5. The first-order valence-electron chi connectivity index (χ1n) is 6.76. The Kier molecular flexibility index (Phi) is 4.12. The number of ether oxygens (including phenoxy) is 2. The Labute approximate surface area is 114 Å². The molecule has 1 heterocycles. The van der Waals surface area contributed by atoms with E-state index in [0.717, 1.165) is 12.8 Å². The number of methoxy groups -OCH3 is 2. The number of rotatable bonds is 4. The van der Waals surface area contributed by atoms with Crippen molar-refractivity contribution in [2.75, 3.05) is 19.5 Å². The molecule has 2 rings (SSSR count). The topological polar surface area (TPSA) is 56.3 Å². The summed E-state index contributed by atoms with van der Waals surface area (Å²) in [5.74, 6) is 1.62. The summed E-state index contributed by atoms with van der Waals surface area (Å²) in [7, 11) is 3.19. The number of hydrogen-bond donors (Lipinski definition) is 1. The van der Waals surface area contributed by atoms with E-state index >= 15 is 0 Å². The van der Waals surface area contributed by atoms with Gasteiger partial charge in [0, 0.05) is 6.04 Å². The molecule has 1 saturated carbocycles. The SMILES string of the molecule is COc1cc(OC)nc(NC2CCCC(C)(C)C2)n1. The van der Waals surface area contributed by atoms with Gasteiger partial charge < -0.3 is 14.8 Å². The summed E-state index contributed by atoms with van der Waals surface area (Å²) in [5.41, 5.74) is 0.388. The maximum atomic E-state index is 5.16. The molecule has 0 spiro atoms. The number of anilines is 1. The highest BCUT2D eigenvalue weighted by Crippen LogP contribution is 2.36. The maximum absolute atomic E-state index is 5.16. The van der Waals surface area contributed by atoms with E-state index in [1.54, 1.807) is 20.3 Å². The van der Waals surface area contributed by atoms with Crippen molar-refractivity contribution in [3.8, 4) is 11.8 Å². The maximum Gasteiger partial charge on any atom is 0.229 e. The third kappa shape index (κ3) is 3.72. The van der Waals surface area contributed by atoms with Gasteiger partial charge in [-0.15, -0.1) is 0 Å². The fourth-order valence-corrected chi connectivity index (χ4v) is 2.68. The molecular formula is C14H23N3O2. The standard InChI is InChI=1S/C14H23N3O2/c1-14(2)7-5-6-10(9-14)15-13-16-11(18-3)8-12(17-13)19-4/h8,10H,5-7,9H2,1-4H3,(H,15,16,17). The van der Waals surface area contributed by atoms with E-state index < -0.39 is 0 Å². The Balaban J connectivity index is 2.09. The zero-order valence-corrected chi connectivity index (χ0v) is 12.2. The van der Waals surface area contributed by atoms with Gasteiger partial charge in [-0.25, -0.2) is 0 Å². The van der Waals surface area contributed by atoms with Gasteiger partial charge in [-0.2, -0.15) is 9.97 Å². The van der Waals surface area contributed by atoms with Gasteiger partial charge in [0.15, 0.2) is 0 Å². The van der Waals surface area contributed by atoms with Crippen LogP contribution in [0.2, 0.25) is 0 Å². The second-order valence-corrected chi connectivity index (χ2v) is 5.88. The molecule has 0 aromatic carbocycles. The second-order valence-electron chi connectivity index (χ2n) is 5.88. The molecule has 106 valence electrons. The summed E-state index contributed by atoms with van der Waals surface area (Å²) < 4.78 is 10.3. The van der Waals surface area contributed by atoms with Gasteiger partial charge in [-0.1, -0.05) is 20.3 Å². The number of nitrogens with zero attached hydrogens (tertiary/aromatic N) is 2. The van der Waals surface area contributed by atoms with Crippen molar-refractivity contribution < 1.29 is 9.47 Å². The molecule has 1 N–H and O–H groups in total. The second kappa shape index (κ2) is 5.63. The predicted molar refractivity (Wildman–Crippen MR) is 74.8 cm³/mol. The summed E-state index contributed by atoms with van der Waals surface area (Å²) in [6, 6.07) is 2.09. The molecule has 0 amide bonds. The lowest BCUT2D eigenvalue weighted by molar-refractivity contribution is 0.229. The molecule has 0 bridgehead atoms. The molecular weight excluding hydrogens is 242 g/mol. The first-order valence-corrected chi connectivity index (χ1v) is 6.76. The smallest absolute Gasteiger partial charge is 0.229 e. The quantitative estimate of drug-likeness (QED) is 0.907. The normalized spacial score (nSPS) is 21.8. The molecule has 1 aromatic heterocycles. The highest BCUT2D eigenvalue weighted by Gasteiger charge is 2.28. The third-order valence-corrected chi connectivity index (χ3v) is 3.64. The van der Waals surface area contributed by atoms with Crippen LogP contribution in [0.15, 0.2) is 6.07 Å². The van der Waals surface area contributed by atoms with Crippen molar-refractivity contribution in [3.05, 3.63) is 6.07 Å². The van der Waals surface area contributed by atoms with Gasteiger partial charge in [0.2, 0.25) is 17.7 Å². The molecule has 1 aliphatic carbocycles. The van der Waals surface area contributed by atoms with Crippen molar-refractivity contribution in [2.24, 2.45) is 5.41 Å². The van der Waals surface area contributed by atoms with E-state index in [1.807, 2.05) is 0 Å². The van der Waals surface area contributed by atoms with Gasteiger partial charge in [-0.3, -0.25) is 0 Å². The molecule has 0 aliphatic heterocycles. The van der Waals surface area contributed by atoms with Crippen LogP contribution < -0.4 is 14.8 Å². The van der Waals surface area contributed by atoms with Gasteiger partial charge in [-0.05, 0) is 24.7 Å². The van der Waals surface area contributed by atoms with E-state index in [2.05, 4.69) is 29.1 Å². The molecule has 0 radical (unpaired) electrons. The lowest BCUT2D eigenvalue weighted by Crippen LogP contribution is -2.32. The van der Waals surface area contributed by atoms with Crippen LogP contribution in [0.25, 0.3) is 0 Å². The minimum Gasteiger partial charge on any atom is -0.481 e. The Bertz CT molecular complexity index is 412. The van der Waals surface area contributed by atoms with Crippen LogP contribution >= 0.6 is 0 Å². The molecule has 1 fully saturated rings. The van der Waals surface area contributed by atoms with E-state index in [9.17, 15) is 0 Å². The lowest BCUT2D eigenvalue weighted by Gasteiger charge is -2.35. The van der Waals surface area contributed by atoms with Crippen molar-refractivity contribution in [2.45, 2.75) is 45.6 Å². The van der Waals surface area contributed by atoms with E-state index in [0.29, 0.717) is 29.2 Å². The largest absolute Gasteiger partial charge is 0.481 e. The number of aromatic nitrogens is 2. The van der Waals surface area contributed by atoms with E-state index in [4.69, 9.17) is 9.47 Å². The minimum atomic E-state index is 0.388. The Morgan fingerprint density at radius 2 is 1.84 bits per heavy atom. The average molecular weight is 265 g/mol. The Morgan fingerprint density at radius 1 is 1.21 bits per heavy atom. The molecule has 19 heavy (non-hydrogen) atoms. The van der Waals surface area contributed by atoms with Gasteiger partial charge in [0.05, 0.1) is 20.3 Å². The fraction of sp³-hybridized carbons (Fsp3) is 0.714. The fourth-order valence-electron chi connectivity index (χ4n) is 2.68. The molecule has 5 nitrogen and oxygen atoms in total.